The molecule has 0 aromatic heterocycles. The molecular weight excluding hydrogens is 234 g/mol. The van der Waals surface area contributed by atoms with Crippen molar-refractivity contribution in [3.05, 3.63) is 0 Å². The number of imide groups is 1. The maximum absolute atomic E-state index is 12.4. The zero-order valence-electron chi connectivity index (χ0n) is 11.1. The van der Waals surface area contributed by atoms with E-state index < -0.39 is 11.0 Å². The fraction of sp³-hybridized carbons (Fsp3) is 0.846. The molecule has 1 atom stereocenters. The minimum atomic E-state index is -1.05. The van der Waals surface area contributed by atoms with Gasteiger partial charge in [0.1, 0.15) is 5.60 Å². The maximum Gasteiger partial charge on any atom is 0.235 e. The molecule has 0 bridgehead atoms. The van der Waals surface area contributed by atoms with E-state index >= 15 is 0 Å². The minimum absolute atomic E-state index is 0.0758. The van der Waals surface area contributed by atoms with Crippen molar-refractivity contribution in [2.24, 2.45) is 5.41 Å². The quantitative estimate of drug-likeness (QED) is 0.751. The molecule has 0 saturated carbocycles. The van der Waals surface area contributed by atoms with Crippen molar-refractivity contribution in [1.29, 1.82) is 0 Å². The summed E-state index contributed by atoms with van der Waals surface area (Å²) in [5, 5.41) is 10.2. The molecule has 2 saturated heterocycles. The summed E-state index contributed by atoms with van der Waals surface area (Å²) in [4.78, 5) is 25.6. The maximum atomic E-state index is 12.4. The number of aliphatic hydroxyl groups is 1. The number of nitrogens with zero attached hydrogens (tertiary/aromatic N) is 1. The molecule has 0 aliphatic carbocycles. The van der Waals surface area contributed by atoms with E-state index in [1.165, 1.54) is 4.90 Å². The van der Waals surface area contributed by atoms with Crippen LogP contribution in [0.15, 0.2) is 0 Å². The summed E-state index contributed by atoms with van der Waals surface area (Å²) in [7, 11) is 0. The highest BCUT2D eigenvalue weighted by atomic mass is 16.5. The summed E-state index contributed by atoms with van der Waals surface area (Å²) in [6, 6.07) is 0. The molecule has 2 fully saturated rings. The van der Waals surface area contributed by atoms with Crippen LogP contribution in [0.25, 0.3) is 0 Å². The highest BCUT2D eigenvalue weighted by Crippen LogP contribution is 2.40. The standard InChI is InChI=1S/C13H21NO4/c1-3-12(4-2)7-10(15)14(11(12)16)8-13(17)5-6-18-9-13/h17H,3-9H2,1-2H3. The minimum Gasteiger partial charge on any atom is -0.386 e. The monoisotopic (exact) mass is 255 g/mol. The summed E-state index contributed by atoms with van der Waals surface area (Å²) in [6.45, 7) is 4.64. The van der Waals surface area contributed by atoms with Crippen LogP contribution in [-0.2, 0) is 14.3 Å². The second-order valence-corrected chi connectivity index (χ2v) is 5.48. The Morgan fingerprint density at radius 2 is 2.00 bits per heavy atom. The lowest BCUT2D eigenvalue weighted by Crippen LogP contribution is -2.47. The van der Waals surface area contributed by atoms with Crippen LogP contribution in [0.5, 0.6) is 0 Å². The van der Waals surface area contributed by atoms with Crippen LogP contribution in [0, 0.1) is 5.41 Å². The zero-order valence-corrected chi connectivity index (χ0v) is 11.1. The van der Waals surface area contributed by atoms with Crippen LogP contribution in [0.3, 0.4) is 0 Å². The lowest BCUT2D eigenvalue weighted by atomic mass is 9.81. The first-order chi connectivity index (χ1) is 8.46. The average Bonchev–Trinajstić information content (AvgIpc) is 2.87. The number of likely N-dealkylation sites (tertiary alicyclic amines) is 1. The molecule has 0 aromatic rings. The van der Waals surface area contributed by atoms with Gasteiger partial charge in [-0.05, 0) is 12.8 Å². The van der Waals surface area contributed by atoms with Gasteiger partial charge in [0, 0.05) is 19.4 Å². The Labute approximate surface area is 107 Å². The fourth-order valence-electron chi connectivity index (χ4n) is 2.84. The first-order valence-corrected chi connectivity index (χ1v) is 6.61. The SMILES string of the molecule is CCC1(CC)CC(=O)N(CC2(O)CCOC2)C1=O. The number of carbonyl (C=O) groups excluding carboxylic acids is 2. The number of amides is 2. The van der Waals surface area contributed by atoms with Crippen molar-refractivity contribution in [3.8, 4) is 0 Å². The third-order valence-electron chi connectivity index (χ3n) is 4.38. The topological polar surface area (TPSA) is 66.8 Å². The molecule has 5 heteroatoms. The number of ether oxygens (including phenoxy) is 1. The van der Waals surface area contributed by atoms with Crippen molar-refractivity contribution < 1.29 is 19.4 Å². The second-order valence-electron chi connectivity index (χ2n) is 5.48. The van der Waals surface area contributed by atoms with Crippen LogP contribution < -0.4 is 0 Å². The third-order valence-corrected chi connectivity index (χ3v) is 4.38. The van der Waals surface area contributed by atoms with Crippen LogP contribution in [0.2, 0.25) is 0 Å². The molecular formula is C13H21NO4. The van der Waals surface area contributed by atoms with E-state index in [1.54, 1.807) is 0 Å². The summed E-state index contributed by atoms with van der Waals surface area (Å²) >= 11 is 0. The Balaban J connectivity index is 2.14. The van der Waals surface area contributed by atoms with Crippen LogP contribution >= 0.6 is 0 Å². The molecule has 2 amide bonds. The number of β-amino-alcohol motifs (C(OH)–C–C–N with tert-alkyl or cyclic N) is 1. The molecule has 2 aliphatic rings. The smallest absolute Gasteiger partial charge is 0.235 e. The van der Waals surface area contributed by atoms with Gasteiger partial charge in [-0.1, -0.05) is 13.8 Å². The highest BCUT2D eigenvalue weighted by Gasteiger charge is 2.51. The molecule has 0 aromatic carbocycles. The normalized spacial score (nSPS) is 31.4. The van der Waals surface area contributed by atoms with Gasteiger partial charge in [-0.25, -0.2) is 0 Å². The van der Waals surface area contributed by atoms with Gasteiger partial charge in [0.2, 0.25) is 11.8 Å². The Morgan fingerprint density at radius 3 is 2.44 bits per heavy atom. The highest BCUT2D eigenvalue weighted by molar-refractivity contribution is 6.05. The number of carbonyl (C=O) groups is 2. The number of hydrogen-bond acceptors (Lipinski definition) is 4. The van der Waals surface area contributed by atoms with Gasteiger partial charge in [-0.15, -0.1) is 0 Å². The second kappa shape index (κ2) is 4.63. The van der Waals surface area contributed by atoms with Gasteiger partial charge in [0.15, 0.2) is 0 Å². The first kappa shape index (κ1) is 13.5. The van der Waals surface area contributed by atoms with Gasteiger partial charge in [-0.3, -0.25) is 14.5 Å². The van der Waals surface area contributed by atoms with E-state index in [0.717, 1.165) is 0 Å². The molecule has 0 radical (unpaired) electrons. The third kappa shape index (κ3) is 2.06. The van der Waals surface area contributed by atoms with Crippen molar-refractivity contribution in [1.82, 2.24) is 4.90 Å². The van der Waals surface area contributed by atoms with Gasteiger partial charge in [0.25, 0.3) is 0 Å². The van der Waals surface area contributed by atoms with Gasteiger partial charge in [0.05, 0.1) is 18.6 Å². The fourth-order valence-corrected chi connectivity index (χ4v) is 2.84. The predicted octanol–water partition coefficient (Wildman–Crippen LogP) is 0.703. The molecule has 1 N–H and O–H groups in total. The average molecular weight is 255 g/mol. The lowest BCUT2D eigenvalue weighted by molar-refractivity contribution is -0.145. The van der Waals surface area contributed by atoms with Crippen LogP contribution in [-0.4, -0.2) is 47.2 Å². The lowest BCUT2D eigenvalue weighted by Gasteiger charge is -2.28. The summed E-state index contributed by atoms with van der Waals surface area (Å²) in [5.74, 6) is -0.290. The van der Waals surface area contributed by atoms with Crippen molar-refractivity contribution in [2.75, 3.05) is 19.8 Å². The van der Waals surface area contributed by atoms with Crippen molar-refractivity contribution in [2.45, 2.75) is 45.1 Å². The van der Waals surface area contributed by atoms with E-state index in [-0.39, 0.29) is 31.4 Å². The van der Waals surface area contributed by atoms with E-state index in [2.05, 4.69) is 0 Å². The van der Waals surface area contributed by atoms with E-state index in [0.29, 0.717) is 25.9 Å². The predicted molar refractivity (Wildman–Crippen MR) is 64.7 cm³/mol. The first-order valence-electron chi connectivity index (χ1n) is 6.61. The van der Waals surface area contributed by atoms with Gasteiger partial charge >= 0.3 is 0 Å². The molecule has 102 valence electrons. The number of hydrogen-bond donors (Lipinski definition) is 1. The molecule has 1 unspecified atom stereocenters. The molecule has 18 heavy (non-hydrogen) atoms. The Bertz CT molecular complexity index is 356. The summed E-state index contributed by atoms with van der Waals surface area (Å²) in [5.41, 5.74) is -1.60. The molecule has 2 rings (SSSR count). The zero-order chi connectivity index (χ0) is 13.4. The Hall–Kier alpha value is -0.940. The Morgan fingerprint density at radius 1 is 1.33 bits per heavy atom. The Kier molecular flexibility index (Phi) is 3.47. The summed E-state index contributed by atoms with van der Waals surface area (Å²) in [6.07, 6.45) is 2.09. The largest absolute Gasteiger partial charge is 0.386 e. The van der Waals surface area contributed by atoms with Crippen molar-refractivity contribution in [3.63, 3.8) is 0 Å². The van der Waals surface area contributed by atoms with E-state index in [9.17, 15) is 14.7 Å². The van der Waals surface area contributed by atoms with E-state index in [4.69, 9.17) is 4.74 Å². The molecule has 5 nitrogen and oxygen atoms in total. The molecule has 0 spiro atoms. The van der Waals surface area contributed by atoms with Crippen molar-refractivity contribution >= 4 is 11.8 Å². The van der Waals surface area contributed by atoms with Gasteiger partial charge < -0.3 is 9.84 Å². The molecule has 2 aliphatic heterocycles. The summed E-state index contributed by atoms with van der Waals surface area (Å²) < 4.78 is 5.15. The van der Waals surface area contributed by atoms with Gasteiger partial charge in [-0.2, -0.15) is 0 Å². The van der Waals surface area contributed by atoms with Crippen LogP contribution in [0.4, 0.5) is 0 Å². The van der Waals surface area contributed by atoms with E-state index in [1.807, 2.05) is 13.8 Å². The van der Waals surface area contributed by atoms with Crippen LogP contribution in [0.1, 0.15) is 39.5 Å². The number of rotatable bonds is 4. The molecule has 2 heterocycles.